The first-order valence-electron chi connectivity index (χ1n) is 9.11. The summed E-state index contributed by atoms with van der Waals surface area (Å²) in [6, 6.07) is 1.67. The minimum atomic E-state index is -0.389. The number of aryl methyl sites for hydroxylation is 1. The summed E-state index contributed by atoms with van der Waals surface area (Å²) < 4.78 is 4.21. The lowest BCUT2D eigenvalue weighted by Gasteiger charge is -2.32. The number of piperidine rings is 1. The van der Waals surface area contributed by atoms with Crippen molar-refractivity contribution in [3.8, 4) is 0 Å². The zero-order valence-corrected chi connectivity index (χ0v) is 16.9. The molecule has 1 amide bonds. The van der Waals surface area contributed by atoms with Crippen LogP contribution in [0, 0.1) is 5.92 Å². The first-order valence-corrected chi connectivity index (χ1v) is 9.11. The number of likely N-dealkylation sites (tertiary alicyclic amines) is 1. The summed E-state index contributed by atoms with van der Waals surface area (Å²) in [6.45, 7) is 2.70. The maximum absolute atomic E-state index is 12.7. The van der Waals surface area contributed by atoms with Gasteiger partial charge in [0.2, 0.25) is 5.91 Å². The van der Waals surface area contributed by atoms with E-state index in [0.29, 0.717) is 17.0 Å². The van der Waals surface area contributed by atoms with Gasteiger partial charge in [0.25, 0.3) is 5.56 Å². The van der Waals surface area contributed by atoms with Gasteiger partial charge < -0.3 is 14.8 Å². The van der Waals surface area contributed by atoms with E-state index >= 15 is 0 Å². The van der Waals surface area contributed by atoms with Crippen LogP contribution in [0.1, 0.15) is 19.3 Å². The molecule has 2 aromatic rings. The highest BCUT2D eigenvalue weighted by molar-refractivity contribution is 5.85. The monoisotopic (exact) mass is 397 g/mol. The third-order valence-corrected chi connectivity index (χ3v) is 5.44. The molecular weight excluding hydrogens is 370 g/mol. The van der Waals surface area contributed by atoms with E-state index in [0.717, 1.165) is 43.5 Å². The van der Waals surface area contributed by atoms with Crippen LogP contribution in [0.5, 0.6) is 0 Å². The van der Waals surface area contributed by atoms with E-state index < -0.39 is 0 Å². The molecular formula is C18H28ClN5O3. The number of nitrogens with zero attached hydrogens (tertiary/aromatic N) is 4. The van der Waals surface area contributed by atoms with E-state index in [-0.39, 0.29) is 36.1 Å². The van der Waals surface area contributed by atoms with E-state index in [4.69, 9.17) is 0 Å². The highest BCUT2D eigenvalue weighted by Gasteiger charge is 2.23. The predicted octanol–water partition coefficient (Wildman–Crippen LogP) is 0.309. The fourth-order valence-electron chi connectivity index (χ4n) is 3.78. The van der Waals surface area contributed by atoms with Crippen LogP contribution in [-0.4, -0.2) is 51.2 Å². The highest BCUT2D eigenvalue weighted by Crippen LogP contribution is 2.20. The van der Waals surface area contributed by atoms with E-state index in [1.807, 2.05) is 11.9 Å². The lowest BCUT2D eigenvalue weighted by molar-refractivity contribution is -0.133. The van der Waals surface area contributed by atoms with Crippen LogP contribution in [-0.2, 0) is 25.4 Å². The average Bonchev–Trinajstić information content (AvgIpc) is 3.07. The van der Waals surface area contributed by atoms with Crippen molar-refractivity contribution in [2.45, 2.75) is 25.8 Å². The van der Waals surface area contributed by atoms with Gasteiger partial charge in [0.15, 0.2) is 0 Å². The number of carbonyl (C=O) groups is 1. The second-order valence-corrected chi connectivity index (χ2v) is 7.10. The second kappa shape index (κ2) is 8.75. The van der Waals surface area contributed by atoms with E-state index in [2.05, 4.69) is 5.32 Å². The Balaban J connectivity index is 0.00000261. The summed E-state index contributed by atoms with van der Waals surface area (Å²) in [6.07, 6.45) is 4.91. The Labute approximate surface area is 164 Å². The van der Waals surface area contributed by atoms with Crippen LogP contribution < -0.4 is 16.6 Å². The van der Waals surface area contributed by atoms with Crippen LogP contribution in [0.3, 0.4) is 0 Å². The molecule has 9 heteroatoms. The lowest BCUT2D eigenvalue weighted by atomic mass is 9.93. The number of rotatable bonds is 5. The standard InChI is InChI=1S/C18H27N5O3.ClH/c1-19-8-4-13-5-9-22(10-6-13)15(24)12-23-11-7-14-16(23)20(2)18(26)21(3)17(14)25;/h7,11,13,19H,4-6,8-10,12H2,1-3H3;1H. The lowest BCUT2D eigenvalue weighted by Crippen LogP contribution is -2.41. The maximum atomic E-state index is 12.7. The van der Waals surface area contributed by atoms with Gasteiger partial charge in [-0.05, 0) is 44.8 Å². The Morgan fingerprint density at radius 3 is 2.48 bits per heavy atom. The SMILES string of the molecule is CNCCC1CCN(C(=O)Cn2ccc3c(=O)n(C)c(=O)n(C)c32)CC1.Cl. The van der Waals surface area contributed by atoms with Gasteiger partial charge in [0.1, 0.15) is 12.2 Å². The Morgan fingerprint density at radius 2 is 1.85 bits per heavy atom. The average molecular weight is 398 g/mol. The minimum Gasteiger partial charge on any atom is -0.341 e. The molecule has 27 heavy (non-hydrogen) atoms. The van der Waals surface area contributed by atoms with Crippen LogP contribution in [0.4, 0.5) is 0 Å². The van der Waals surface area contributed by atoms with Crippen molar-refractivity contribution in [2.75, 3.05) is 26.7 Å². The topological polar surface area (TPSA) is 81.3 Å². The summed E-state index contributed by atoms with van der Waals surface area (Å²) >= 11 is 0. The summed E-state index contributed by atoms with van der Waals surface area (Å²) in [5, 5.41) is 3.63. The number of aromatic nitrogens is 3. The molecule has 0 aliphatic carbocycles. The molecule has 1 N–H and O–H groups in total. The zero-order valence-electron chi connectivity index (χ0n) is 16.1. The summed E-state index contributed by atoms with van der Waals surface area (Å²) in [5.74, 6) is 0.699. The van der Waals surface area contributed by atoms with Gasteiger partial charge in [-0.3, -0.25) is 18.7 Å². The Morgan fingerprint density at radius 1 is 1.19 bits per heavy atom. The molecule has 150 valence electrons. The van der Waals surface area contributed by atoms with E-state index in [1.165, 1.54) is 11.6 Å². The smallest absolute Gasteiger partial charge is 0.332 e. The van der Waals surface area contributed by atoms with Crippen molar-refractivity contribution in [1.29, 1.82) is 0 Å². The first kappa shape index (κ1) is 21.2. The van der Waals surface area contributed by atoms with Gasteiger partial charge >= 0.3 is 5.69 Å². The Bertz CT molecular complexity index is 921. The third-order valence-electron chi connectivity index (χ3n) is 5.44. The molecule has 8 nitrogen and oxygen atoms in total. The predicted molar refractivity (Wildman–Crippen MR) is 108 cm³/mol. The third kappa shape index (κ3) is 4.11. The van der Waals surface area contributed by atoms with Crippen molar-refractivity contribution in [2.24, 2.45) is 20.0 Å². The summed E-state index contributed by atoms with van der Waals surface area (Å²) in [5.41, 5.74) is -0.227. The van der Waals surface area contributed by atoms with Crippen LogP contribution in [0.25, 0.3) is 11.0 Å². The number of halogens is 1. The van der Waals surface area contributed by atoms with Crippen molar-refractivity contribution >= 4 is 29.3 Å². The highest BCUT2D eigenvalue weighted by atomic mass is 35.5. The number of fused-ring (bicyclic) bond motifs is 1. The Kier molecular flexibility index (Phi) is 6.89. The van der Waals surface area contributed by atoms with Gasteiger partial charge in [-0.1, -0.05) is 0 Å². The molecule has 3 heterocycles. The van der Waals surface area contributed by atoms with E-state index in [9.17, 15) is 14.4 Å². The van der Waals surface area contributed by atoms with Gasteiger partial charge in [-0.25, -0.2) is 4.79 Å². The molecule has 3 rings (SSSR count). The number of hydrogen-bond donors (Lipinski definition) is 1. The van der Waals surface area contributed by atoms with E-state index in [1.54, 1.807) is 23.9 Å². The molecule has 0 saturated carbocycles. The number of carbonyl (C=O) groups excluding carboxylic acids is 1. The van der Waals surface area contributed by atoms with Crippen molar-refractivity contribution in [1.82, 2.24) is 23.9 Å². The van der Waals surface area contributed by atoms with Crippen LogP contribution >= 0.6 is 12.4 Å². The molecule has 0 spiro atoms. The van der Waals surface area contributed by atoms with Crippen molar-refractivity contribution in [3.63, 3.8) is 0 Å². The molecule has 0 aromatic carbocycles. The molecule has 0 atom stereocenters. The number of hydrogen-bond acceptors (Lipinski definition) is 4. The second-order valence-electron chi connectivity index (χ2n) is 7.10. The number of nitrogens with one attached hydrogen (secondary N) is 1. The summed E-state index contributed by atoms with van der Waals surface area (Å²) in [7, 11) is 5.05. The molecule has 0 bridgehead atoms. The fourth-order valence-corrected chi connectivity index (χ4v) is 3.78. The van der Waals surface area contributed by atoms with Crippen molar-refractivity contribution in [3.05, 3.63) is 33.1 Å². The normalized spacial score (nSPS) is 15.1. The summed E-state index contributed by atoms with van der Waals surface area (Å²) in [4.78, 5) is 39.0. The van der Waals surface area contributed by atoms with Gasteiger partial charge in [-0.15, -0.1) is 12.4 Å². The molecule has 0 unspecified atom stereocenters. The van der Waals surface area contributed by atoms with Crippen molar-refractivity contribution < 1.29 is 4.79 Å². The molecule has 1 fully saturated rings. The molecule has 0 radical (unpaired) electrons. The molecule has 1 aliphatic heterocycles. The number of amides is 1. The first-order chi connectivity index (χ1) is 12.4. The van der Waals surface area contributed by atoms with Gasteiger partial charge in [0, 0.05) is 33.4 Å². The molecule has 1 saturated heterocycles. The zero-order chi connectivity index (χ0) is 18.8. The van der Waals surface area contributed by atoms with Crippen LogP contribution in [0.2, 0.25) is 0 Å². The minimum absolute atomic E-state index is 0. The van der Waals surface area contributed by atoms with Gasteiger partial charge in [-0.2, -0.15) is 0 Å². The fraction of sp³-hybridized carbons (Fsp3) is 0.611. The molecule has 2 aromatic heterocycles. The van der Waals surface area contributed by atoms with Gasteiger partial charge in [0.05, 0.1) is 5.39 Å². The quantitative estimate of drug-likeness (QED) is 0.787. The maximum Gasteiger partial charge on any atom is 0.332 e. The largest absolute Gasteiger partial charge is 0.341 e. The molecule has 1 aliphatic rings. The Hall–Kier alpha value is -2.06. The van der Waals surface area contributed by atoms with Crippen LogP contribution in [0.15, 0.2) is 21.9 Å².